The number of anilines is 1. The molecule has 0 unspecified atom stereocenters. The molecule has 6 heteroatoms. The van der Waals surface area contributed by atoms with Gasteiger partial charge in [0.2, 0.25) is 0 Å². The summed E-state index contributed by atoms with van der Waals surface area (Å²) in [6.45, 7) is 3.70. The summed E-state index contributed by atoms with van der Waals surface area (Å²) in [5.41, 5.74) is 1.07. The fourth-order valence-electron chi connectivity index (χ4n) is 1.62. The van der Waals surface area contributed by atoms with E-state index >= 15 is 0 Å². The Morgan fingerprint density at radius 3 is 3.00 bits per heavy atom. The number of carbonyl (C=O) groups is 1. The van der Waals surface area contributed by atoms with Crippen molar-refractivity contribution in [1.29, 1.82) is 0 Å². The Morgan fingerprint density at radius 2 is 2.24 bits per heavy atom. The zero-order chi connectivity index (χ0) is 15.2. The van der Waals surface area contributed by atoms with Crippen LogP contribution in [0, 0.1) is 0 Å². The Hall–Kier alpha value is -1.30. The Balaban J connectivity index is 2.23. The number of hydrogen-bond acceptors (Lipinski definition) is 3. The van der Waals surface area contributed by atoms with Crippen molar-refractivity contribution in [2.75, 3.05) is 11.1 Å². The lowest BCUT2D eigenvalue weighted by Gasteiger charge is -2.10. The van der Waals surface area contributed by atoms with Crippen LogP contribution in [0.5, 0.6) is 0 Å². The smallest absolute Gasteiger partial charge is 0.258 e. The van der Waals surface area contributed by atoms with Crippen LogP contribution in [-0.2, 0) is 0 Å². The summed E-state index contributed by atoms with van der Waals surface area (Å²) in [5.74, 6) is 0.479. The number of benzene rings is 1. The van der Waals surface area contributed by atoms with Crippen LogP contribution in [0.2, 0.25) is 5.15 Å². The molecule has 0 saturated heterocycles. The number of hydrogen-bond donors (Lipinski definition) is 1. The van der Waals surface area contributed by atoms with Crippen LogP contribution in [-0.4, -0.2) is 16.6 Å². The van der Waals surface area contributed by atoms with Crippen molar-refractivity contribution >= 4 is 50.9 Å². The van der Waals surface area contributed by atoms with Crippen molar-refractivity contribution < 1.29 is 4.79 Å². The number of pyridine rings is 1. The number of halogens is 2. The van der Waals surface area contributed by atoms with Gasteiger partial charge >= 0.3 is 0 Å². The van der Waals surface area contributed by atoms with Crippen LogP contribution in [0.15, 0.2) is 58.6 Å². The maximum absolute atomic E-state index is 12.3. The molecular formula is C15H12BrClN2OS. The summed E-state index contributed by atoms with van der Waals surface area (Å²) in [7, 11) is 0. The molecule has 1 N–H and O–H groups in total. The van der Waals surface area contributed by atoms with Gasteiger partial charge < -0.3 is 5.32 Å². The van der Waals surface area contributed by atoms with Crippen molar-refractivity contribution in [2.45, 2.75) is 4.90 Å². The molecule has 21 heavy (non-hydrogen) atoms. The van der Waals surface area contributed by atoms with Crippen LogP contribution in [0.1, 0.15) is 10.4 Å². The molecule has 0 saturated carbocycles. The number of rotatable bonds is 5. The van der Waals surface area contributed by atoms with E-state index in [0.717, 1.165) is 16.3 Å². The Labute approximate surface area is 140 Å². The summed E-state index contributed by atoms with van der Waals surface area (Å²) in [5, 5.41) is 3.04. The molecule has 0 radical (unpaired) electrons. The molecule has 3 nitrogen and oxygen atoms in total. The molecule has 1 aromatic carbocycles. The second kappa shape index (κ2) is 7.64. The Bertz CT molecular complexity index is 678. The quantitative estimate of drug-likeness (QED) is 0.447. The van der Waals surface area contributed by atoms with Gasteiger partial charge in [0, 0.05) is 21.3 Å². The topological polar surface area (TPSA) is 42.0 Å². The van der Waals surface area contributed by atoms with E-state index in [1.165, 1.54) is 0 Å². The van der Waals surface area contributed by atoms with Crippen LogP contribution < -0.4 is 5.32 Å². The third-order valence-electron chi connectivity index (χ3n) is 2.54. The fourth-order valence-corrected chi connectivity index (χ4v) is 2.88. The molecule has 0 aliphatic rings. The van der Waals surface area contributed by atoms with Crippen molar-refractivity contribution in [3.05, 3.63) is 64.4 Å². The first kappa shape index (κ1) is 16.1. The van der Waals surface area contributed by atoms with Crippen molar-refractivity contribution in [2.24, 2.45) is 0 Å². The highest BCUT2D eigenvalue weighted by Crippen LogP contribution is 2.28. The third kappa shape index (κ3) is 4.33. The number of nitrogens with one attached hydrogen (secondary N) is 1. The number of amides is 1. The van der Waals surface area contributed by atoms with Gasteiger partial charge in [0.15, 0.2) is 0 Å². The van der Waals surface area contributed by atoms with Crippen LogP contribution in [0.3, 0.4) is 0 Å². The molecule has 1 amide bonds. The number of carbonyl (C=O) groups excluding carboxylic acids is 1. The molecule has 0 aliphatic carbocycles. The number of para-hydroxylation sites is 1. The average Bonchev–Trinajstić information content (AvgIpc) is 2.48. The largest absolute Gasteiger partial charge is 0.321 e. The van der Waals surface area contributed by atoms with Gasteiger partial charge in [0.25, 0.3) is 5.91 Å². The number of nitrogens with zero attached hydrogens (tertiary/aromatic N) is 1. The van der Waals surface area contributed by atoms with Crippen LogP contribution in [0.25, 0.3) is 0 Å². The Kier molecular flexibility index (Phi) is 5.85. The van der Waals surface area contributed by atoms with Gasteiger partial charge in [0.05, 0.1) is 11.3 Å². The van der Waals surface area contributed by atoms with Gasteiger partial charge in [-0.3, -0.25) is 4.79 Å². The molecule has 0 fully saturated rings. The van der Waals surface area contributed by atoms with Crippen molar-refractivity contribution in [1.82, 2.24) is 4.98 Å². The molecule has 2 rings (SSSR count). The van der Waals surface area contributed by atoms with E-state index in [4.69, 9.17) is 11.6 Å². The van der Waals surface area contributed by atoms with E-state index in [1.54, 1.807) is 24.0 Å². The minimum Gasteiger partial charge on any atom is -0.321 e. The van der Waals surface area contributed by atoms with E-state index in [1.807, 2.05) is 30.3 Å². The first-order chi connectivity index (χ1) is 10.1. The van der Waals surface area contributed by atoms with E-state index in [9.17, 15) is 4.79 Å². The highest BCUT2D eigenvalue weighted by Gasteiger charge is 2.14. The molecule has 2 aromatic rings. The lowest BCUT2D eigenvalue weighted by atomic mass is 10.2. The van der Waals surface area contributed by atoms with Crippen LogP contribution >= 0.6 is 39.3 Å². The molecule has 108 valence electrons. The second-order valence-electron chi connectivity index (χ2n) is 4.04. The maximum Gasteiger partial charge on any atom is 0.258 e. The monoisotopic (exact) mass is 382 g/mol. The lowest BCUT2D eigenvalue weighted by molar-refractivity contribution is 0.102. The van der Waals surface area contributed by atoms with Gasteiger partial charge in [-0.25, -0.2) is 4.98 Å². The van der Waals surface area contributed by atoms with E-state index < -0.39 is 0 Å². The minimum atomic E-state index is -0.291. The van der Waals surface area contributed by atoms with Gasteiger partial charge in [0.1, 0.15) is 5.15 Å². The highest BCUT2D eigenvalue weighted by molar-refractivity contribution is 9.10. The molecule has 1 heterocycles. The molecule has 0 bridgehead atoms. The maximum atomic E-state index is 12.3. The number of thioether (sulfide) groups is 1. The SMILES string of the molecule is C=CCSc1ccccc1NC(=O)c1cc(Br)cnc1Cl. The molecule has 0 spiro atoms. The summed E-state index contributed by atoms with van der Waals surface area (Å²) in [6, 6.07) is 9.24. The van der Waals surface area contributed by atoms with E-state index in [-0.39, 0.29) is 11.1 Å². The predicted molar refractivity (Wildman–Crippen MR) is 92.3 cm³/mol. The van der Waals surface area contributed by atoms with Crippen molar-refractivity contribution in [3.63, 3.8) is 0 Å². The Morgan fingerprint density at radius 1 is 1.48 bits per heavy atom. The summed E-state index contributed by atoms with van der Waals surface area (Å²) >= 11 is 10.9. The summed E-state index contributed by atoms with van der Waals surface area (Å²) < 4.78 is 0.700. The average molecular weight is 384 g/mol. The zero-order valence-corrected chi connectivity index (χ0v) is 14.1. The van der Waals surface area contributed by atoms with E-state index in [0.29, 0.717) is 10.0 Å². The highest BCUT2D eigenvalue weighted by atomic mass is 79.9. The lowest BCUT2D eigenvalue weighted by Crippen LogP contribution is -2.13. The first-order valence-electron chi connectivity index (χ1n) is 6.07. The first-order valence-corrected chi connectivity index (χ1v) is 8.22. The van der Waals surface area contributed by atoms with Gasteiger partial charge in [-0.1, -0.05) is 29.8 Å². The van der Waals surface area contributed by atoms with E-state index in [2.05, 4.69) is 32.8 Å². The molecule has 0 aliphatic heterocycles. The number of aromatic nitrogens is 1. The standard InChI is InChI=1S/C15H12BrClN2OS/c1-2-7-21-13-6-4-3-5-12(13)19-15(20)11-8-10(16)9-18-14(11)17/h2-6,8-9H,1,7H2,(H,19,20). The van der Waals surface area contributed by atoms with Crippen molar-refractivity contribution in [3.8, 4) is 0 Å². The normalized spacial score (nSPS) is 10.2. The summed E-state index contributed by atoms with van der Waals surface area (Å²) in [6.07, 6.45) is 3.37. The second-order valence-corrected chi connectivity index (χ2v) is 6.38. The fraction of sp³-hybridized carbons (Fsp3) is 0.0667. The van der Waals surface area contributed by atoms with Crippen LogP contribution in [0.4, 0.5) is 5.69 Å². The van der Waals surface area contributed by atoms with Gasteiger partial charge in [-0.2, -0.15) is 0 Å². The summed E-state index contributed by atoms with van der Waals surface area (Å²) in [4.78, 5) is 17.3. The van der Waals surface area contributed by atoms with Gasteiger partial charge in [-0.05, 0) is 34.1 Å². The van der Waals surface area contributed by atoms with Gasteiger partial charge in [-0.15, -0.1) is 18.3 Å². The predicted octanol–water partition coefficient (Wildman–Crippen LogP) is 5.03. The minimum absolute atomic E-state index is 0.173. The molecule has 0 atom stereocenters. The third-order valence-corrected chi connectivity index (χ3v) is 4.35. The molecule has 1 aromatic heterocycles. The molecular weight excluding hydrogens is 372 g/mol. The zero-order valence-electron chi connectivity index (χ0n) is 11.0.